The summed E-state index contributed by atoms with van der Waals surface area (Å²) in [6.45, 7) is 2.02. The molecule has 0 saturated heterocycles. The molecule has 0 saturated carbocycles. The Labute approximate surface area is 449 Å². The fourth-order valence-corrected chi connectivity index (χ4v) is 7.47. The van der Waals surface area contributed by atoms with Gasteiger partial charge in [0.25, 0.3) is 0 Å². The first-order valence-electron chi connectivity index (χ1n) is 25.2. The first-order valence-corrected chi connectivity index (χ1v) is 25.2. The van der Waals surface area contributed by atoms with Crippen molar-refractivity contribution in [1.82, 2.24) is 42.5 Å². The molecule has 78 heavy (non-hydrogen) atoms. The lowest BCUT2D eigenvalue weighted by atomic mass is 9.96. The molecule has 0 bridgehead atoms. The zero-order valence-corrected chi connectivity index (χ0v) is 43.5. The van der Waals surface area contributed by atoms with Gasteiger partial charge in [-0.05, 0) is 74.2 Å². The van der Waals surface area contributed by atoms with Crippen LogP contribution in [0.5, 0.6) is 5.75 Å². The van der Waals surface area contributed by atoms with Gasteiger partial charge in [0.2, 0.25) is 59.1 Å². The standard InChI is InChI=1S/C50H74N12O16/c1-3-27(2)42(49(76)61-37(24-29-12-14-30(64)15-13-29)48(75)57-32(11-7-8-22-51)44(71)59-35(50(77)78)17-20-39(54)66)62-46(73)34(16-19-38(53)65)58-47(74)36(23-28-9-5-4-6-10-28)60-45(72)33(18-21-41(68)69)56-40(67)25-55-43(70)31(52)26-63/h4-6,9-10,12-15,27,31-37,42,63-64H,3,7-8,11,16-26,51-52H2,1-2H3,(H2,53,65)(H2,54,66)(H,55,70)(H,56,67)(H,57,75)(H,58,74)(H,59,71)(H,60,72)(H,61,76)(H,62,73)(H,68,69)(H,77,78)/t27-,31-,32-,33-,34-,35-,36-,37-,42-/m0/s1. The first-order chi connectivity index (χ1) is 36.9. The van der Waals surface area contributed by atoms with Crippen LogP contribution in [0, 0.1) is 5.92 Å². The van der Waals surface area contributed by atoms with Gasteiger partial charge in [-0.3, -0.25) is 52.7 Å². The number of amides is 10. The van der Waals surface area contributed by atoms with E-state index >= 15 is 0 Å². The number of carbonyl (C=O) groups excluding carboxylic acids is 10. The number of phenols is 1. The van der Waals surface area contributed by atoms with E-state index in [4.69, 9.17) is 28.0 Å². The second-order valence-corrected chi connectivity index (χ2v) is 18.4. The van der Waals surface area contributed by atoms with E-state index in [0.717, 1.165) is 0 Å². The van der Waals surface area contributed by atoms with Crippen LogP contribution in [0.1, 0.15) is 89.2 Å². The van der Waals surface area contributed by atoms with E-state index in [2.05, 4.69) is 42.5 Å². The number of primary amides is 2. The Morgan fingerprint density at radius 1 is 0.538 bits per heavy atom. The minimum atomic E-state index is -1.64. The Kier molecular flexibility index (Phi) is 29.1. The molecule has 0 spiro atoms. The van der Waals surface area contributed by atoms with E-state index in [1.165, 1.54) is 24.3 Å². The highest BCUT2D eigenvalue weighted by atomic mass is 16.4. The lowest BCUT2D eigenvalue weighted by Gasteiger charge is -2.30. The summed E-state index contributed by atoms with van der Waals surface area (Å²) < 4.78 is 0. The molecule has 10 amide bonds. The smallest absolute Gasteiger partial charge is 0.326 e. The molecule has 9 atom stereocenters. The number of hydrogen-bond donors (Lipinski definition) is 16. The molecule has 28 nitrogen and oxygen atoms in total. The number of carboxylic acids is 2. The number of hydrogen-bond acceptors (Lipinski definition) is 16. The average Bonchev–Trinajstić information content (AvgIpc) is 3.39. The first kappa shape index (κ1) is 65.9. The molecular formula is C50H74N12O16. The van der Waals surface area contributed by atoms with Gasteiger partial charge in [-0.2, -0.15) is 0 Å². The van der Waals surface area contributed by atoms with Crippen molar-refractivity contribution in [3.63, 3.8) is 0 Å². The van der Waals surface area contributed by atoms with E-state index in [1.54, 1.807) is 44.2 Å². The Hall–Kier alpha value is -8.24. The van der Waals surface area contributed by atoms with Gasteiger partial charge in [-0.1, -0.05) is 62.7 Å². The van der Waals surface area contributed by atoms with Crippen LogP contribution in [-0.2, 0) is 70.4 Å². The number of aliphatic hydroxyl groups is 1. The number of aliphatic hydroxyl groups excluding tert-OH is 1. The van der Waals surface area contributed by atoms with Gasteiger partial charge in [-0.25, -0.2) is 4.79 Å². The second kappa shape index (κ2) is 34.4. The summed E-state index contributed by atoms with van der Waals surface area (Å²) in [5.41, 5.74) is 22.7. The van der Waals surface area contributed by atoms with E-state index < -0.39 is 164 Å². The maximum Gasteiger partial charge on any atom is 0.326 e. The van der Waals surface area contributed by atoms with Crippen LogP contribution in [0.2, 0.25) is 0 Å². The van der Waals surface area contributed by atoms with Crippen molar-refractivity contribution >= 4 is 71.0 Å². The highest BCUT2D eigenvalue weighted by molar-refractivity contribution is 5.98. The van der Waals surface area contributed by atoms with Gasteiger partial charge < -0.3 is 85.9 Å². The van der Waals surface area contributed by atoms with E-state index in [-0.39, 0.29) is 57.2 Å². The molecule has 0 unspecified atom stereocenters. The number of phenolic OH excluding ortho intramolecular Hbond substituents is 1. The largest absolute Gasteiger partial charge is 0.508 e. The predicted octanol–water partition coefficient (Wildman–Crippen LogP) is -4.34. The van der Waals surface area contributed by atoms with Crippen LogP contribution in [0.4, 0.5) is 0 Å². The Balaban J connectivity index is 2.54. The molecule has 430 valence electrons. The van der Waals surface area contributed by atoms with Gasteiger partial charge in [0.1, 0.15) is 54.1 Å². The van der Waals surface area contributed by atoms with Gasteiger partial charge in [-0.15, -0.1) is 0 Å². The molecule has 2 aromatic carbocycles. The molecule has 0 aliphatic heterocycles. The molecule has 0 aliphatic rings. The van der Waals surface area contributed by atoms with Crippen LogP contribution in [0.3, 0.4) is 0 Å². The number of benzene rings is 2. The van der Waals surface area contributed by atoms with Gasteiger partial charge in [0, 0.05) is 32.1 Å². The van der Waals surface area contributed by atoms with Crippen LogP contribution in [0.25, 0.3) is 0 Å². The van der Waals surface area contributed by atoms with E-state index in [9.17, 15) is 72.9 Å². The molecule has 0 aliphatic carbocycles. The van der Waals surface area contributed by atoms with E-state index in [1.807, 2.05) is 0 Å². The third-order valence-electron chi connectivity index (χ3n) is 12.2. The monoisotopic (exact) mass is 1100 g/mol. The minimum Gasteiger partial charge on any atom is -0.508 e. The minimum absolute atomic E-state index is 0.0396. The zero-order chi connectivity index (χ0) is 58.5. The summed E-state index contributed by atoms with van der Waals surface area (Å²) in [5.74, 6) is -13.1. The van der Waals surface area contributed by atoms with Crippen LogP contribution < -0.4 is 65.5 Å². The molecule has 2 rings (SSSR count). The van der Waals surface area contributed by atoms with Crippen LogP contribution in [-0.4, -0.2) is 159 Å². The number of aromatic hydroxyl groups is 1. The number of aliphatic carboxylic acids is 2. The normalized spacial score (nSPS) is 14.4. The van der Waals surface area contributed by atoms with Crippen molar-refractivity contribution in [3.8, 4) is 5.75 Å². The number of carboxylic acid groups (broad SMARTS) is 2. The maximum atomic E-state index is 14.5. The molecule has 0 fully saturated rings. The zero-order valence-electron chi connectivity index (χ0n) is 43.5. The van der Waals surface area contributed by atoms with Crippen molar-refractivity contribution in [3.05, 3.63) is 65.7 Å². The Morgan fingerprint density at radius 3 is 1.49 bits per heavy atom. The lowest BCUT2D eigenvalue weighted by molar-refractivity contribution is -0.142. The molecular weight excluding hydrogens is 1020 g/mol. The molecule has 20 N–H and O–H groups in total. The molecule has 28 heteroatoms. The second-order valence-electron chi connectivity index (χ2n) is 18.4. The summed E-state index contributed by atoms with van der Waals surface area (Å²) >= 11 is 0. The number of carbonyl (C=O) groups is 12. The number of rotatable bonds is 37. The van der Waals surface area contributed by atoms with Crippen molar-refractivity contribution in [2.45, 2.75) is 139 Å². The fraction of sp³-hybridized carbons (Fsp3) is 0.520. The van der Waals surface area contributed by atoms with Gasteiger partial charge in [0.05, 0.1) is 13.2 Å². The third kappa shape index (κ3) is 24.6. The SMILES string of the molecule is CC[C@H](C)[C@H](NC(=O)[C@H](CCC(N)=O)NC(=O)[C@H](Cc1ccccc1)NC(=O)[C@H](CCC(=O)O)NC(=O)CNC(=O)[C@@H](N)CO)C(=O)N[C@@H](Cc1ccc(O)cc1)C(=O)N[C@@H](CCCCN)C(=O)N[C@@H](CCC(N)=O)C(=O)O. The van der Waals surface area contributed by atoms with Crippen molar-refractivity contribution in [2.24, 2.45) is 28.9 Å². The molecule has 2 aromatic rings. The number of nitrogens with one attached hydrogen (secondary N) is 8. The van der Waals surface area contributed by atoms with Gasteiger partial charge in [0.15, 0.2) is 0 Å². The Bertz CT molecular complexity index is 2380. The molecule has 0 aromatic heterocycles. The average molecular weight is 1100 g/mol. The predicted molar refractivity (Wildman–Crippen MR) is 277 cm³/mol. The van der Waals surface area contributed by atoms with Crippen molar-refractivity contribution in [1.29, 1.82) is 0 Å². The Morgan fingerprint density at radius 2 is 0.987 bits per heavy atom. The number of unbranched alkanes of at least 4 members (excludes halogenated alkanes) is 1. The summed E-state index contributed by atoms with van der Waals surface area (Å²) in [7, 11) is 0. The van der Waals surface area contributed by atoms with Crippen molar-refractivity contribution < 1.29 is 78.0 Å². The highest BCUT2D eigenvalue weighted by Gasteiger charge is 2.36. The molecule has 0 heterocycles. The quantitative estimate of drug-likeness (QED) is 0.0284. The van der Waals surface area contributed by atoms with Crippen LogP contribution >= 0.6 is 0 Å². The van der Waals surface area contributed by atoms with Gasteiger partial charge >= 0.3 is 11.9 Å². The van der Waals surface area contributed by atoms with Crippen LogP contribution in [0.15, 0.2) is 54.6 Å². The van der Waals surface area contributed by atoms with Crippen molar-refractivity contribution in [2.75, 3.05) is 19.7 Å². The summed E-state index contributed by atoms with van der Waals surface area (Å²) in [4.78, 5) is 157. The number of nitrogens with two attached hydrogens (primary N) is 4. The maximum absolute atomic E-state index is 14.5. The topological polar surface area (TPSA) is 486 Å². The summed E-state index contributed by atoms with van der Waals surface area (Å²) in [6, 6.07) is 1.61. The highest BCUT2D eigenvalue weighted by Crippen LogP contribution is 2.15. The summed E-state index contributed by atoms with van der Waals surface area (Å²) in [5, 5.41) is 57.8. The van der Waals surface area contributed by atoms with E-state index in [0.29, 0.717) is 17.5 Å². The lowest BCUT2D eigenvalue weighted by Crippen LogP contribution is -2.61. The molecule has 0 radical (unpaired) electrons. The fourth-order valence-electron chi connectivity index (χ4n) is 7.47. The third-order valence-corrected chi connectivity index (χ3v) is 12.2. The summed E-state index contributed by atoms with van der Waals surface area (Å²) in [6.07, 6.45) is -2.40.